The molecule has 2 N–H and O–H groups in total. The molecule has 0 amide bonds. The van der Waals surface area contributed by atoms with E-state index >= 15 is 0 Å². The number of hydrogen-bond donors (Lipinski definition) is 1. The molecule has 4 atom stereocenters. The predicted octanol–water partition coefficient (Wildman–Crippen LogP) is 2.84. The fourth-order valence-electron chi connectivity index (χ4n) is 5.33. The van der Waals surface area contributed by atoms with E-state index in [4.69, 9.17) is 5.73 Å². The van der Waals surface area contributed by atoms with Crippen LogP contribution in [-0.4, -0.2) is 53.6 Å². The highest BCUT2D eigenvalue weighted by Gasteiger charge is 2.44. The number of piperazine rings is 1. The van der Waals surface area contributed by atoms with E-state index in [0.29, 0.717) is 11.6 Å². The van der Waals surface area contributed by atoms with Crippen LogP contribution in [0.2, 0.25) is 0 Å². The molecular formula is C18H35N3. The average Bonchev–Trinajstić information content (AvgIpc) is 2.83. The second-order valence-electron chi connectivity index (χ2n) is 7.93. The Hall–Kier alpha value is -0.120. The summed E-state index contributed by atoms with van der Waals surface area (Å²) in [4.78, 5) is 5.58. The summed E-state index contributed by atoms with van der Waals surface area (Å²) in [6.45, 7) is 9.53. The average molecular weight is 293 g/mol. The highest BCUT2D eigenvalue weighted by molar-refractivity contribution is 5.01. The van der Waals surface area contributed by atoms with Gasteiger partial charge in [0.1, 0.15) is 0 Å². The van der Waals surface area contributed by atoms with E-state index in [1.54, 1.807) is 0 Å². The van der Waals surface area contributed by atoms with Crippen LogP contribution in [0.1, 0.15) is 65.2 Å². The van der Waals surface area contributed by atoms with Gasteiger partial charge in [0.25, 0.3) is 0 Å². The quantitative estimate of drug-likeness (QED) is 0.812. The van der Waals surface area contributed by atoms with Crippen LogP contribution < -0.4 is 5.73 Å². The van der Waals surface area contributed by atoms with Gasteiger partial charge in [0.05, 0.1) is 0 Å². The first-order valence-corrected chi connectivity index (χ1v) is 9.39. The van der Waals surface area contributed by atoms with Crippen LogP contribution in [0.4, 0.5) is 0 Å². The van der Waals surface area contributed by atoms with E-state index in [0.717, 1.165) is 18.5 Å². The van der Waals surface area contributed by atoms with Crippen LogP contribution in [0, 0.1) is 5.92 Å². The topological polar surface area (TPSA) is 32.5 Å². The molecule has 2 aliphatic heterocycles. The number of rotatable bonds is 3. The van der Waals surface area contributed by atoms with Crippen molar-refractivity contribution in [1.82, 2.24) is 9.80 Å². The lowest BCUT2D eigenvalue weighted by Gasteiger charge is -2.52. The molecule has 3 nitrogen and oxygen atoms in total. The summed E-state index contributed by atoms with van der Waals surface area (Å²) < 4.78 is 0. The number of nitrogens with two attached hydrogens (primary N) is 1. The Balaban J connectivity index is 1.74. The molecule has 0 aromatic heterocycles. The molecule has 0 bridgehead atoms. The number of fused-ring (bicyclic) bond motifs is 1. The summed E-state index contributed by atoms with van der Waals surface area (Å²) >= 11 is 0. The van der Waals surface area contributed by atoms with Crippen LogP contribution >= 0.6 is 0 Å². The van der Waals surface area contributed by atoms with Gasteiger partial charge in [-0.05, 0) is 51.5 Å². The molecule has 0 radical (unpaired) electrons. The van der Waals surface area contributed by atoms with Crippen LogP contribution in [0.5, 0.6) is 0 Å². The summed E-state index contributed by atoms with van der Waals surface area (Å²) in [5.41, 5.74) is 6.67. The van der Waals surface area contributed by atoms with E-state index in [1.807, 2.05) is 0 Å². The zero-order chi connectivity index (χ0) is 14.9. The molecule has 2 heterocycles. The fourth-order valence-corrected chi connectivity index (χ4v) is 5.33. The van der Waals surface area contributed by atoms with Crippen LogP contribution in [0.3, 0.4) is 0 Å². The second kappa shape index (κ2) is 6.55. The molecule has 1 aliphatic carbocycles. The van der Waals surface area contributed by atoms with Gasteiger partial charge in [-0.2, -0.15) is 0 Å². The molecule has 2 saturated heterocycles. The van der Waals surface area contributed by atoms with Gasteiger partial charge < -0.3 is 5.73 Å². The highest BCUT2D eigenvalue weighted by atomic mass is 15.3. The van der Waals surface area contributed by atoms with Gasteiger partial charge in [0.15, 0.2) is 0 Å². The van der Waals surface area contributed by atoms with Crippen molar-refractivity contribution < 1.29 is 0 Å². The molecule has 1 saturated carbocycles. The number of nitrogens with zero attached hydrogens (tertiary/aromatic N) is 2. The van der Waals surface area contributed by atoms with Crippen LogP contribution in [0.25, 0.3) is 0 Å². The van der Waals surface area contributed by atoms with Gasteiger partial charge in [0, 0.05) is 37.3 Å². The third kappa shape index (κ3) is 3.02. The van der Waals surface area contributed by atoms with Gasteiger partial charge in [0.2, 0.25) is 0 Å². The van der Waals surface area contributed by atoms with Crippen molar-refractivity contribution in [1.29, 1.82) is 0 Å². The summed E-state index contributed by atoms with van der Waals surface area (Å²) in [6, 6.07) is 1.50. The van der Waals surface area contributed by atoms with Crippen molar-refractivity contribution in [2.45, 2.75) is 82.8 Å². The molecule has 4 unspecified atom stereocenters. The first-order valence-electron chi connectivity index (χ1n) is 9.39. The lowest BCUT2D eigenvalue weighted by atomic mass is 9.84. The molecule has 3 aliphatic rings. The standard InChI is InChI=1S/C18H35N3/c1-3-16-6-4-9-18(14-19,10-8-16)21-13-17-7-5-11-20(17)12-15(21)2/h15-17H,3-14,19H2,1-2H3. The smallest absolute Gasteiger partial charge is 0.0335 e. The molecule has 21 heavy (non-hydrogen) atoms. The Labute approximate surface area is 131 Å². The second-order valence-corrected chi connectivity index (χ2v) is 7.93. The molecule has 3 fully saturated rings. The normalized spacial score (nSPS) is 42.7. The van der Waals surface area contributed by atoms with Crippen molar-refractivity contribution in [2.24, 2.45) is 11.7 Å². The minimum atomic E-state index is 0.304. The highest BCUT2D eigenvalue weighted by Crippen LogP contribution is 2.39. The largest absolute Gasteiger partial charge is 0.329 e. The number of hydrogen-bond acceptors (Lipinski definition) is 3. The summed E-state index contributed by atoms with van der Waals surface area (Å²) in [7, 11) is 0. The molecule has 0 aromatic rings. The predicted molar refractivity (Wildman–Crippen MR) is 89.4 cm³/mol. The lowest BCUT2D eigenvalue weighted by molar-refractivity contribution is -0.0284. The molecule has 122 valence electrons. The van der Waals surface area contributed by atoms with Crippen molar-refractivity contribution in [3.63, 3.8) is 0 Å². The Morgan fingerprint density at radius 3 is 2.71 bits per heavy atom. The van der Waals surface area contributed by atoms with Gasteiger partial charge in [-0.25, -0.2) is 0 Å². The van der Waals surface area contributed by atoms with Crippen molar-refractivity contribution >= 4 is 0 Å². The van der Waals surface area contributed by atoms with Gasteiger partial charge in [-0.15, -0.1) is 0 Å². The minimum absolute atomic E-state index is 0.304. The monoisotopic (exact) mass is 293 g/mol. The van der Waals surface area contributed by atoms with Crippen LogP contribution in [-0.2, 0) is 0 Å². The maximum absolute atomic E-state index is 6.37. The van der Waals surface area contributed by atoms with Gasteiger partial charge in [-0.1, -0.05) is 26.2 Å². The van der Waals surface area contributed by atoms with Gasteiger partial charge in [-0.3, -0.25) is 9.80 Å². The molecule has 0 aromatic carbocycles. The molecule has 0 spiro atoms. The van der Waals surface area contributed by atoms with Crippen molar-refractivity contribution in [3.05, 3.63) is 0 Å². The minimum Gasteiger partial charge on any atom is -0.329 e. The Bertz CT molecular complexity index is 345. The van der Waals surface area contributed by atoms with Crippen molar-refractivity contribution in [2.75, 3.05) is 26.2 Å². The van der Waals surface area contributed by atoms with Crippen molar-refractivity contribution in [3.8, 4) is 0 Å². The zero-order valence-electron chi connectivity index (χ0n) is 14.2. The molecule has 3 rings (SSSR count). The summed E-state index contributed by atoms with van der Waals surface area (Å²) in [5.74, 6) is 0.946. The van der Waals surface area contributed by atoms with E-state index in [1.165, 1.54) is 71.0 Å². The third-order valence-corrected chi connectivity index (χ3v) is 6.78. The lowest BCUT2D eigenvalue weighted by Crippen LogP contribution is -2.65. The molecule has 3 heteroatoms. The third-order valence-electron chi connectivity index (χ3n) is 6.78. The fraction of sp³-hybridized carbons (Fsp3) is 1.00. The maximum atomic E-state index is 6.37. The summed E-state index contributed by atoms with van der Waals surface area (Å²) in [5, 5.41) is 0. The van der Waals surface area contributed by atoms with Crippen LogP contribution in [0.15, 0.2) is 0 Å². The van der Waals surface area contributed by atoms with E-state index in [2.05, 4.69) is 23.6 Å². The Kier molecular flexibility index (Phi) is 4.92. The Morgan fingerprint density at radius 2 is 1.95 bits per heavy atom. The van der Waals surface area contributed by atoms with E-state index < -0.39 is 0 Å². The van der Waals surface area contributed by atoms with E-state index in [9.17, 15) is 0 Å². The maximum Gasteiger partial charge on any atom is 0.0335 e. The zero-order valence-corrected chi connectivity index (χ0v) is 14.2. The molecular weight excluding hydrogens is 258 g/mol. The Morgan fingerprint density at radius 1 is 1.10 bits per heavy atom. The van der Waals surface area contributed by atoms with Gasteiger partial charge >= 0.3 is 0 Å². The van der Waals surface area contributed by atoms with E-state index in [-0.39, 0.29) is 0 Å². The SMILES string of the molecule is CCC1CCCC(CN)(N2CC3CCCN3CC2C)CC1. The first kappa shape index (κ1) is 15.8. The summed E-state index contributed by atoms with van der Waals surface area (Å²) in [6.07, 6.45) is 11.0. The first-order chi connectivity index (χ1) is 10.2.